The van der Waals surface area contributed by atoms with Crippen LogP contribution >= 0.6 is 0 Å². The van der Waals surface area contributed by atoms with Crippen molar-refractivity contribution in [3.8, 4) is 5.69 Å². The summed E-state index contributed by atoms with van der Waals surface area (Å²) < 4.78 is 28.7. The van der Waals surface area contributed by atoms with Crippen LogP contribution in [-0.4, -0.2) is 21.5 Å². The van der Waals surface area contributed by atoms with Crippen LogP contribution in [0.2, 0.25) is 0 Å². The fraction of sp³-hybridized carbons (Fsp3) is 0.385. The highest BCUT2D eigenvalue weighted by Crippen LogP contribution is 2.19. The molecule has 1 aromatic carbocycles. The maximum Gasteiger partial charge on any atom is 0.154 e. The summed E-state index contributed by atoms with van der Waals surface area (Å²) in [4.78, 5) is 0. The molecule has 4 nitrogen and oxygen atoms in total. The lowest BCUT2D eigenvalue weighted by atomic mass is 10.2. The minimum atomic E-state index is -0.652. The van der Waals surface area contributed by atoms with E-state index in [4.69, 9.17) is 0 Å². The van der Waals surface area contributed by atoms with Gasteiger partial charge in [0, 0.05) is 6.54 Å². The molecule has 0 aliphatic heterocycles. The summed E-state index contributed by atoms with van der Waals surface area (Å²) in [6.07, 6.45) is 2.54. The van der Waals surface area contributed by atoms with E-state index in [0.717, 1.165) is 17.6 Å². The van der Waals surface area contributed by atoms with Gasteiger partial charge in [0.1, 0.15) is 5.69 Å². The van der Waals surface area contributed by atoms with E-state index in [1.165, 1.54) is 18.3 Å². The van der Waals surface area contributed by atoms with Crippen LogP contribution in [0.15, 0.2) is 18.3 Å². The van der Waals surface area contributed by atoms with Crippen LogP contribution in [0.1, 0.15) is 24.6 Å². The second-order valence-electron chi connectivity index (χ2n) is 4.36. The topological polar surface area (TPSA) is 42.7 Å². The van der Waals surface area contributed by atoms with E-state index in [9.17, 15) is 8.78 Å². The first-order valence-electron chi connectivity index (χ1n) is 6.20. The van der Waals surface area contributed by atoms with Crippen LogP contribution in [0.25, 0.3) is 5.69 Å². The van der Waals surface area contributed by atoms with Crippen molar-refractivity contribution in [3.63, 3.8) is 0 Å². The predicted molar refractivity (Wildman–Crippen MR) is 68.0 cm³/mol. The highest BCUT2D eigenvalue weighted by atomic mass is 19.1. The van der Waals surface area contributed by atoms with E-state index >= 15 is 0 Å². The third-order valence-corrected chi connectivity index (χ3v) is 2.76. The van der Waals surface area contributed by atoms with Gasteiger partial charge < -0.3 is 5.32 Å². The van der Waals surface area contributed by atoms with Crippen molar-refractivity contribution in [1.82, 2.24) is 20.3 Å². The Hall–Kier alpha value is -1.82. The Morgan fingerprint density at radius 3 is 2.84 bits per heavy atom. The minimum Gasteiger partial charge on any atom is -0.311 e. The van der Waals surface area contributed by atoms with Crippen molar-refractivity contribution in [2.24, 2.45) is 0 Å². The molecule has 0 aliphatic carbocycles. The van der Waals surface area contributed by atoms with E-state index in [2.05, 4.69) is 22.6 Å². The molecule has 0 spiro atoms. The van der Waals surface area contributed by atoms with Gasteiger partial charge in [-0.3, -0.25) is 0 Å². The maximum absolute atomic E-state index is 13.9. The first-order valence-corrected chi connectivity index (χ1v) is 6.20. The number of hydrogen-bond acceptors (Lipinski definition) is 3. The van der Waals surface area contributed by atoms with Crippen LogP contribution < -0.4 is 5.32 Å². The fourth-order valence-electron chi connectivity index (χ4n) is 1.73. The van der Waals surface area contributed by atoms with Gasteiger partial charge in [-0.15, -0.1) is 5.10 Å². The standard InChI is InChI=1S/C13H16F2N4/c1-3-6-16-7-10-8-19(18-17-10)13-11(14)5-4-9(2)12(13)15/h4-5,8,16H,3,6-7H2,1-2H3. The van der Waals surface area contributed by atoms with E-state index in [1.54, 1.807) is 6.92 Å². The molecule has 0 unspecified atom stereocenters. The molecule has 0 radical (unpaired) electrons. The Kier molecular flexibility index (Phi) is 4.21. The van der Waals surface area contributed by atoms with Gasteiger partial charge in [-0.05, 0) is 31.5 Å². The Morgan fingerprint density at radius 1 is 1.32 bits per heavy atom. The quantitative estimate of drug-likeness (QED) is 0.845. The summed E-state index contributed by atoms with van der Waals surface area (Å²) in [7, 11) is 0. The Balaban J connectivity index is 2.25. The molecule has 0 atom stereocenters. The Morgan fingerprint density at radius 2 is 2.11 bits per heavy atom. The lowest BCUT2D eigenvalue weighted by Crippen LogP contribution is -2.13. The zero-order chi connectivity index (χ0) is 13.8. The fourth-order valence-corrected chi connectivity index (χ4v) is 1.73. The number of rotatable bonds is 5. The monoisotopic (exact) mass is 266 g/mol. The smallest absolute Gasteiger partial charge is 0.154 e. The summed E-state index contributed by atoms with van der Waals surface area (Å²) in [6.45, 7) is 5.03. The number of aromatic nitrogens is 3. The highest BCUT2D eigenvalue weighted by Gasteiger charge is 2.15. The molecule has 19 heavy (non-hydrogen) atoms. The van der Waals surface area contributed by atoms with E-state index < -0.39 is 11.6 Å². The van der Waals surface area contributed by atoms with Crippen molar-refractivity contribution < 1.29 is 8.78 Å². The number of benzene rings is 1. The molecule has 0 bridgehead atoms. The molecule has 102 valence electrons. The SMILES string of the molecule is CCCNCc1cn(-c2c(F)ccc(C)c2F)nn1. The van der Waals surface area contributed by atoms with Gasteiger partial charge in [-0.2, -0.15) is 0 Å². The van der Waals surface area contributed by atoms with Crippen molar-refractivity contribution >= 4 is 0 Å². The molecule has 0 amide bonds. The van der Waals surface area contributed by atoms with E-state index in [0.29, 0.717) is 17.8 Å². The van der Waals surface area contributed by atoms with Crippen LogP contribution in [0.3, 0.4) is 0 Å². The van der Waals surface area contributed by atoms with Gasteiger partial charge in [-0.25, -0.2) is 13.5 Å². The van der Waals surface area contributed by atoms with Crippen LogP contribution in [0.5, 0.6) is 0 Å². The number of hydrogen-bond donors (Lipinski definition) is 1. The molecule has 0 fully saturated rings. The molecule has 1 aromatic heterocycles. The molecule has 1 N–H and O–H groups in total. The number of nitrogens with zero attached hydrogens (tertiary/aromatic N) is 3. The van der Waals surface area contributed by atoms with Gasteiger partial charge in [0.15, 0.2) is 11.6 Å². The summed E-state index contributed by atoms with van der Waals surface area (Å²) in [5.74, 6) is -1.26. The third-order valence-electron chi connectivity index (χ3n) is 2.76. The minimum absolute atomic E-state index is 0.186. The molecular weight excluding hydrogens is 250 g/mol. The average Bonchev–Trinajstić information content (AvgIpc) is 2.83. The Bertz CT molecular complexity index is 566. The van der Waals surface area contributed by atoms with E-state index in [1.807, 2.05) is 0 Å². The summed E-state index contributed by atoms with van der Waals surface area (Å²) in [5.41, 5.74) is 0.834. The zero-order valence-corrected chi connectivity index (χ0v) is 11.0. The van der Waals surface area contributed by atoms with Gasteiger partial charge >= 0.3 is 0 Å². The number of halogens is 2. The average molecular weight is 266 g/mol. The predicted octanol–water partition coefficient (Wildman–Crippen LogP) is 2.35. The molecule has 0 saturated heterocycles. The Labute approximate surface area is 110 Å². The summed E-state index contributed by atoms with van der Waals surface area (Å²) in [6, 6.07) is 2.62. The second kappa shape index (κ2) is 5.88. The van der Waals surface area contributed by atoms with Crippen LogP contribution in [0, 0.1) is 18.6 Å². The van der Waals surface area contributed by atoms with Gasteiger partial charge in [0.2, 0.25) is 0 Å². The van der Waals surface area contributed by atoms with Gasteiger partial charge in [0.05, 0.1) is 11.9 Å². The van der Waals surface area contributed by atoms with Gasteiger partial charge in [0.25, 0.3) is 0 Å². The van der Waals surface area contributed by atoms with Crippen molar-refractivity contribution in [2.75, 3.05) is 6.54 Å². The molecule has 0 saturated carbocycles. The second-order valence-corrected chi connectivity index (χ2v) is 4.36. The van der Waals surface area contributed by atoms with Crippen LogP contribution in [-0.2, 0) is 6.54 Å². The highest BCUT2D eigenvalue weighted by molar-refractivity contribution is 5.38. The largest absolute Gasteiger partial charge is 0.311 e. The first-order chi connectivity index (χ1) is 9.13. The van der Waals surface area contributed by atoms with Crippen molar-refractivity contribution in [3.05, 3.63) is 41.2 Å². The summed E-state index contributed by atoms with van der Waals surface area (Å²) >= 11 is 0. The normalized spacial score (nSPS) is 10.9. The maximum atomic E-state index is 13.9. The molecule has 2 aromatic rings. The molecule has 0 aliphatic rings. The summed E-state index contributed by atoms with van der Waals surface area (Å²) in [5, 5.41) is 10.8. The van der Waals surface area contributed by atoms with Crippen molar-refractivity contribution in [1.29, 1.82) is 0 Å². The number of aryl methyl sites for hydroxylation is 1. The van der Waals surface area contributed by atoms with Crippen molar-refractivity contribution in [2.45, 2.75) is 26.8 Å². The lowest BCUT2D eigenvalue weighted by molar-refractivity contribution is 0.551. The van der Waals surface area contributed by atoms with E-state index in [-0.39, 0.29) is 5.69 Å². The lowest BCUT2D eigenvalue weighted by Gasteiger charge is -2.05. The molecule has 6 heteroatoms. The third kappa shape index (κ3) is 2.96. The first kappa shape index (κ1) is 13.6. The van der Waals surface area contributed by atoms with Gasteiger partial charge in [-0.1, -0.05) is 18.2 Å². The van der Waals surface area contributed by atoms with Crippen LogP contribution in [0.4, 0.5) is 8.78 Å². The zero-order valence-electron chi connectivity index (χ0n) is 11.0. The molecule has 2 rings (SSSR count). The number of nitrogens with one attached hydrogen (secondary N) is 1. The molecule has 1 heterocycles. The molecular formula is C13H16F2N4.